The van der Waals surface area contributed by atoms with Gasteiger partial charge in [0.25, 0.3) is 0 Å². The lowest BCUT2D eigenvalue weighted by molar-refractivity contribution is -0.115. The molecule has 3 aromatic rings. The van der Waals surface area contributed by atoms with Gasteiger partial charge in [-0.3, -0.25) is 0 Å². The van der Waals surface area contributed by atoms with Gasteiger partial charge in [-0.1, -0.05) is 11.6 Å². The summed E-state index contributed by atoms with van der Waals surface area (Å²) < 4.78 is 49.7. The lowest BCUT2D eigenvalue weighted by atomic mass is 10.1. The quantitative estimate of drug-likeness (QED) is 0.275. The zero-order valence-corrected chi connectivity index (χ0v) is 20.1. The summed E-state index contributed by atoms with van der Waals surface area (Å²) in [6.07, 6.45) is -6.82. The van der Waals surface area contributed by atoms with Gasteiger partial charge in [-0.2, -0.15) is 18.2 Å². The minimum Gasteiger partial charge on any atom is -0.478 e. The molecule has 1 aliphatic carbocycles. The number of rotatable bonds is 8. The minimum absolute atomic E-state index is 0.0239. The summed E-state index contributed by atoms with van der Waals surface area (Å²) in [5.74, 6) is -0.435. The molecule has 4 unspecified atom stereocenters. The second-order valence-electron chi connectivity index (χ2n) is 8.45. The standard InChI is InChI=1S/C22H25ClF3N5O5/c1-3-35-14-6-10-5-13(36-18(10)9(2)28-14)15-19(23)30-21(27-8-22(24,25)26)31-20(15)29-12-4-11(7-32)16(33)17(12)34/h5-6,11-12,16-17,32-34H,3-4,7-8H2,1-2H3,(H2,27,29,30,31). The SMILES string of the molecule is CCOc1cc2cc(-c3c(Cl)nc(NCC(F)(F)F)nc3NC3CC(CO)C(O)C3O)oc2c(C)n1. The molecule has 0 radical (unpaired) electrons. The Kier molecular flexibility index (Phi) is 7.46. The van der Waals surface area contributed by atoms with E-state index >= 15 is 0 Å². The summed E-state index contributed by atoms with van der Waals surface area (Å²) >= 11 is 6.41. The predicted molar refractivity (Wildman–Crippen MR) is 125 cm³/mol. The highest BCUT2D eigenvalue weighted by molar-refractivity contribution is 6.32. The van der Waals surface area contributed by atoms with Gasteiger partial charge in [0.05, 0.1) is 30.0 Å². The van der Waals surface area contributed by atoms with Crippen molar-refractivity contribution in [3.8, 4) is 17.2 Å². The van der Waals surface area contributed by atoms with Crippen LogP contribution in [0.5, 0.6) is 5.88 Å². The third-order valence-electron chi connectivity index (χ3n) is 5.86. The average molecular weight is 532 g/mol. The first kappa shape index (κ1) is 26.2. The van der Waals surface area contributed by atoms with Crippen molar-refractivity contribution in [1.82, 2.24) is 15.0 Å². The van der Waals surface area contributed by atoms with Crippen molar-refractivity contribution in [1.29, 1.82) is 0 Å². The number of aliphatic hydroxyl groups excluding tert-OH is 3. The summed E-state index contributed by atoms with van der Waals surface area (Å²) in [5, 5.41) is 35.6. The van der Waals surface area contributed by atoms with Crippen LogP contribution in [0.3, 0.4) is 0 Å². The van der Waals surface area contributed by atoms with E-state index in [1.807, 2.05) is 6.92 Å². The molecule has 10 nitrogen and oxygen atoms in total. The zero-order chi connectivity index (χ0) is 26.2. The van der Waals surface area contributed by atoms with E-state index < -0.39 is 42.8 Å². The van der Waals surface area contributed by atoms with Crippen molar-refractivity contribution in [3.63, 3.8) is 0 Å². The largest absolute Gasteiger partial charge is 0.478 e. The Morgan fingerprint density at radius 1 is 1.19 bits per heavy atom. The van der Waals surface area contributed by atoms with Crippen LogP contribution in [0.1, 0.15) is 19.0 Å². The fourth-order valence-corrected chi connectivity index (χ4v) is 4.42. The fourth-order valence-electron chi connectivity index (χ4n) is 4.16. The van der Waals surface area contributed by atoms with E-state index in [4.69, 9.17) is 20.8 Å². The molecule has 0 amide bonds. The molecule has 4 rings (SSSR count). The monoisotopic (exact) mass is 531 g/mol. The Morgan fingerprint density at radius 3 is 2.58 bits per heavy atom. The minimum atomic E-state index is -4.52. The lowest BCUT2D eigenvalue weighted by Gasteiger charge is -2.21. The van der Waals surface area contributed by atoms with E-state index in [1.165, 1.54) is 0 Å². The van der Waals surface area contributed by atoms with Gasteiger partial charge in [-0.25, -0.2) is 9.97 Å². The molecule has 0 bridgehead atoms. The summed E-state index contributed by atoms with van der Waals surface area (Å²) in [6, 6.07) is 2.53. The number of aryl methyl sites for hydroxylation is 1. The molecule has 1 saturated carbocycles. The normalized spacial score (nSPS) is 22.2. The molecule has 3 heterocycles. The van der Waals surface area contributed by atoms with Crippen LogP contribution < -0.4 is 15.4 Å². The molecule has 4 atom stereocenters. The highest BCUT2D eigenvalue weighted by atomic mass is 35.5. The van der Waals surface area contributed by atoms with Crippen LogP contribution in [-0.4, -0.2) is 74.5 Å². The van der Waals surface area contributed by atoms with Gasteiger partial charge in [0.15, 0.2) is 5.58 Å². The molecular weight excluding hydrogens is 507 g/mol. The number of aromatic nitrogens is 3. The molecule has 0 saturated heterocycles. The first-order valence-corrected chi connectivity index (χ1v) is 11.5. The van der Waals surface area contributed by atoms with Gasteiger partial charge in [-0.15, -0.1) is 0 Å². The number of ether oxygens (including phenoxy) is 1. The molecule has 1 aliphatic rings. The van der Waals surface area contributed by atoms with E-state index in [0.29, 0.717) is 29.2 Å². The molecule has 0 spiro atoms. The number of nitrogens with one attached hydrogen (secondary N) is 2. The molecule has 1 fully saturated rings. The fraction of sp³-hybridized carbons (Fsp3) is 0.500. The van der Waals surface area contributed by atoms with Crippen LogP contribution in [0.25, 0.3) is 22.3 Å². The van der Waals surface area contributed by atoms with Gasteiger partial charge < -0.3 is 35.1 Å². The van der Waals surface area contributed by atoms with Gasteiger partial charge in [0.2, 0.25) is 11.8 Å². The van der Waals surface area contributed by atoms with E-state index in [-0.39, 0.29) is 35.3 Å². The third kappa shape index (κ3) is 5.43. The molecule has 0 aliphatic heterocycles. The summed E-state index contributed by atoms with van der Waals surface area (Å²) in [6.45, 7) is 2.21. The zero-order valence-electron chi connectivity index (χ0n) is 19.3. The van der Waals surface area contributed by atoms with Gasteiger partial charge in [-0.05, 0) is 26.3 Å². The number of hydrogen-bond donors (Lipinski definition) is 5. The second kappa shape index (κ2) is 10.2. The molecule has 0 aromatic carbocycles. The molecule has 36 heavy (non-hydrogen) atoms. The summed E-state index contributed by atoms with van der Waals surface area (Å²) in [5.41, 5.74) is 1.11. The van der Waals surface area contributed by atoms with E-state index in [1.54, 1.807) is 19.1 Å². The van der Waals surface area contributed by atoms with Crippen molar-refractivity contribution in [3.05, 3.63) is 23.0 Å². The van der Waals surface area contributed by atoms with Crippen molar-refractivity contribution in [2.75, 3.05) is 30.4 Å². The van der Waals surface area contributed by atoms with Crippen LogP contribution in [-0.2, 0) is 0 Å². The Bertz CT molecular complexity index is 1240. The Labute approximate surface area is 208 Å². The molecule has 14 heteroatoms. The van der Waals surface area contributed by atoms with Crippen molar-refractivity contribution in [2.45, 2.75) is 44.7 Å². The Morgan fingerprint density at radius 2 is 1.94 bits per heavy atom. The van der Waals surface area contributed by atoms with Crippen LogP contribution in [0.15, 0.2) is 16.5 Å². The van der Waals surface area contributed by atoms with Crippen molar-refractivity contribution < 1.29 is 37.6 Å². The first-order valence-electron chi connectivity index (χ1n) is 11.2. The predicted octanol–water partition coefficient (Wildman–Crippen LogP) is 3.13. The molecular formula is C22H25ClF3N5O5. The van der Waals surface area contributed by atoms with E-state index in [0.717, 1.165) is 0 Å². The third-order valence-corrected chi connectivity index (χ3v) is 6.13. The number of aliphatic hydroxyl groups is 3. The van der Waals surface area contributed by atoms with Crippen LogP contribution >= 0.6 is 11.6 Å². The number of furan rings is 1. The van der Waals surface area contributed by atoms with Crippen molar-refractivity contribution >= 4 is 34.3 Å². The smallest absolute Gasteiger partial charge is 0.405 e. The second-order valence-corrected chi connectivity index (χ2v) is 8.81. The maximum Gasteiger partial charge on any atom is 0.405 e. The Hall–Kier alpha value is -2.87. The number of nitrogens with zero attached hydrogens (tertiary/aromatic N) is 3. The summed E-state index contributed by atoms with van der Waals surface area (Å²) in [4.78, 5) is 12.4. The van der Waals surface area contributed by atoms with Crippen LogP contribution in [0.2, 0.25) is 5.15 Å². The van der Waals surface area contributed by atoms with Gasteiger partial charge in [0.1, 0.15) is 29.4 Å². The van der Waals surface area contributed by atoms with Gasteiger partial charge >= 0.3 is 6.18 Å². The van der Waals surface area contributed by atoms with Crippen LogP contribution in [0.4, 0.5) is 24.9 Å². The van der Waals surface area contributed by atoms with Crippen LogP contribution in [0, 0.1) is 12.8 Å². The van der Waals surface area contributed by atoms with Crippen molar-refractivity contribution in [2.24, 2.45) is 5.92 Å². The molecule has 3 aromatic heterocycles. The molecule has 196 valence electrons. The number of anilines is 2. The number of alkyl halides is 3. The number of pyridine rings is 1. The topological polar surface area (TPSA) is 146 Å². The van der Waals surface area contributed by atoms with E-state index in [2.05, 4.69) is 25.6 Å². The highest BCUT2D eigenvalue weighted by Gasteiger charge is 2.41. The summed E-state index contributed by atoms with van der Waals surface area (Å²) in [7, 11) is 0. The Balaban J connectivity index is 1.78. The first-order chi connectivity index (χ1) is 17.0. The maximum atomic E-state index is 12.8. The highest BCUT2D eigenvalue weighted by Crippen LogP contribution is 2.40. The number of fused-ring (bicyclic) bond motifs is 1. The maximum absolute atomic E-state index is 12.8. The van der Waals surface area contributed by atoms with Gasteiger partial charge in [0, 0.05) is 24.0 Å². The number of halogens is 4. The lowest BCUT2D eigenvalue weighted by Crippen LogP contribution is -2.35. The molecule has 5 N–H and O–H groups in total. The van der Waals surface area contributed by atoms with E-state index in [9.17, 15) is 28.5 Å². The average Bonchev–Trinajstić information content (AvgIpc) is 3.34. The number of hydrogen-bond acceptors (Lipinski definition) is 10.